The van der Waals surface area contributed by atoms with Crippen LogP contribution in [0.25, 0.3) is 0 Å². The smallest absolute Gasteiger partial charge is 0.391 e. The predicted molar refractivity (Wildman–Crippen MR) is 82.3 cm³/mol. The van der Waals surface area contributed by atoms with Gasteiger partial charge in [-0.3, -0.25) is 4.79 Å². The first-order chi connectivity index (χ1) is 9.69. The Morgan fingerprint density at radius 3 is 2.57 bits per heavy atom. The third kappa shape index (κ3) is 4.99. The number of hydrogen-bond acceptors (Lipinski definition) is 5. The molecule has 0 saturated heterocycles. The molecule has 1 aromatic heterocycles. The molecule has 0 saturated carbocycles. The highest BCUT2D eigenvalue weighted by atomic mass is 32.2. The van der Waals surface area contributed by atoms with Gasteiger partial charge in [0.15, 0.2) is 0 Å². The zero-order valence-electron chi connectivity index (χ0n) is 11.9. The molecular weight excluding hydrogens is 323 g/mol. The maximum atomic E-state index is 12.4. The van der Waals surface area contributed by atoms with Crippen molar-refractivity contribution < 1.29 is 18.0 Å². The van der Waals surface area contributed by atoms with E-state index in [1.54, 1.807) is 13.2 Å². The van der Waals surface area contributed by atoms with Gasteiger partial charge in [0.1, 0.15) is 9.88 Å². The molecule has 120 valence electrons. The van der Waals surface area contributed by atoms with Crippen molar-refractivity contribution in [1.29, 1.82) is 0 Å². The Kier molecular flexibility index (Phi) is 6.21. The van der Waals surface area contributed by atoms with Crippen molar-refractivity contribution in [3.63, 3.8) is 0 Å². The number of amides is 1. The van der Waals surface area contributed by atoms with Crippen molar-refractivity contribution in [2.45, 2.75) is 37.4 Å². The van der Waals surface area contributed by atoms with E-state index >= 15 is 0 Å². The van der Waals surface area contributed by atoms with E-state index in [1.807, 2.05) is 0 Å². The Labute approximate surface area is 129 Å². The summed E-state index contributed by atoms with van der Waals surface area (Å²) in [7, 11) is 0. The van der Waals surface area contributed by atoms with E-state index in [-0.39, 0.29) is 5.91 Å². The number of carbonyl (C=O) groups is 1. The number of nitrogens with one attached hydrogen (secondary N) is 2. The second-order valence-electron chi connectivity index (χ2n) is 4.43. The summed E-state index contributed by atoms with van der Waals surface area (Å²) in [5.74, 6) is -0.313. The standard InChI is InChI=1S/C12H18F3N3OS2/c1-4-17-10(19)8-7(16)9(20-3)11(21-8)18-6(2)5-12(13,14)15/h6,18H,4-5,16H2,1-3H3,(H,17,19). The Morgan fingerprint density at radius 1 is 1.48 bits per heavy atom. The molecule has 0 aliphatic heterocycles. The topological polar surface area (TPSA) is 67.2 Å². The lowest BCUT2D eigenvalue weighted by atomic mass is 10.2. The third-order valence-corrected chi connectivity index (χ3v) is 4.66. The number of rotatable bonds is 6. The second kappa shape index (κ2) is 7.26. The molecule has 1 unspecified atom stereocenters. The summed E-state index contributed by atoms with van der Waals surface area (Å²) in [6.07, 6.45) is -3.42. The number of thiophene rings is 1. The van der Waals surface area contributed by atoms with Crippen molar-refractivity contribution in [3.05, 3.63) is 4.88 Å². The van der Waals surface area contributed by atoms with Crippen LogP contribution in [0.2, 0.25) is 0 Å². The van der Waals surface area contributed by atoms with Crippen LogP contribution >= 0.6 is 23.1 Å². The van der Waals surface area contributed by atoms with Gasteiger partial charge in [-0.2, -0.15) is 13.2 Å². The van der Waals surface area contributed by atoms with Gasteiger partial charge in [0.2, 0.25) is 0 Å². The largest absolute Gasteiger partial charge is 0.396 e. The summed E-state index contributed by atoms with van der Waals surface area (Å²) in [4.78, 5) is 12.8. The van der Waals surface area contributed by atoms with Crippen molar-refractivity contribution >= 4 is 39.7 Å². The molecule has 0 radical (unpaired) electrons. The zero-order valence-corrected chi connectivity index (χ0v) is 13.6. The molecule has 1 amide bonds. The van der Waals surface area contributed by atoms with Gasteiger partial charge in [0.05, 0.1) is 17.0 Å². The van der Waals surface area contributed by atoms with Gasteiger partial charge in [-0.15, -0.1) is 23.1 Å². The number of hydrogen-bond donors (Lipinski definition) is 3. The Bertz CT molecular complexity index is 503. The minimum atomic E-state index is -4.24. The molecule has 0 aromatic carbocycles. The van der Waals surface area contributed by atoms with E-state index in [1.165, 1.54) is 18.7 Å². The number of halogens is 3. The highest BCUT2D eigenvalue weighted by Gasteiger charge is 2.31. The SMILES string of the molecule is CCNC(=O)c1sc(NC(C)CC(F)(F)F)c(SC)c1N. The van der Waals surface area contributed by atoms with E-state index in [2.05, 4.69) is 10.6 Å². The van der Waals surface area contributed by atoms with Gasteiger partial charge in [-0.05, 0) is 20.1 Å². The van der Waals surface area contributed by atoms with E-state index in [4.69, 9.17) is 5.73 Å². The number of thioether (sulfide) groups is 1. The summed E-state index contributed by atoms with van der Waals surface area (Å²) in [6.45, 7) is 3.68. The van der Waals surface area contributed by atoms with Crippen molar-refractivity contribution in [1.82, 2.24) is 5.32 Å². The van der Waals surface area contributed by atoms with Gasteiger partial charge in [-0.25, -0.2) is 0 Å². The maximum absolute atomic E-state index is 12.4. The predicted octanol–water partition coefficient (Wildman–Crippen LogP) is 3.55. The van der Waals surface area contributed by atoms with Gasteiger partial charge in [0.25, 0.3) is 5.91 Å². The van der Waals surface area contributed by atoms with Gasteiger partial charge >= 0.3 is 6.18 Å². The van der Waals surface area contributed by atoms with Crippen LogP contribution in [0.4, 0.5) is 23.9 Å². The average molecular weight is 341 g/mol. The summed E-state index contributed by atoms with van der Waals surface area (Å²) in [5, 5.41) is 5.93. The van der Waals surface area contributed by atoms with Gasteiger partial charge in [-0.1, -0.05) is 0 Å². The van der Waals surface area contributed by atoms with Gasteiger partial charge < -0.3 is 16.4 Å². The molecule has 4 N–H and O–H groups in total. The molecule has 0 aliphatic carbocycles. The first-order valence-electron chi connectivity index (χ1n) is 6.27. The molecule has 1 heterocycles. The molecule has 4 nitrogen and oxygen atoms in total. The highest BCUT2D eigenvalue weighted by Crippen LogP contribution is 2.42. The number of carbonyl (C=O) groups excluding carboxylic acids is 1. The maximum Gasteiger partial charge on any atom is 0.391 e. The third-order valence-electron chi connectivity index (χ3n) is 2.56. The van der Waals surface area contributed by atoms with Gasteiger partial charge in [0, 0.05) is 12.6 Å². The van der Waals surface area contributed by atoms with Crippen molar-refractivity contribution in [3.8, 4) is 0 Å². The molecule has 1 atom stereocenters. The molecule has 1 aromatic rings. The fraction of sp³-hybridized carbons (Fsp3) is 0.583. The van der Waals surface area contributed by atoms with Crippen molar-refractivity contribution in [2.24, 2.45) is 0 Å². The van der Waals surface area contributed by atoms with E-state index in [0.29, 0.717) is 27.0 Å². The lowest BCUT2D eigenvalue weighted by molar-refractivity contribution is -0.136. The van der Waals surface area contributed by atoms with E-state index < -0.39 is 18.6 Å². The summed E-state index contributed by atoms with van der Waals surface area (Å²) in [5.41, 5.74) is 6.22. The van der Waals surface area contributed by atoms with Crippen molar-refractivity contribution in [2.75, 3.05) is 23.9 Å². The van der Waals surface area contributed by atoms with E-state index in [0.717, 1.165) is 11.3 Å². The fourth-order valence-corrected chi connectivity index (χ4v) is 3.81. The molecule has 0 spiro atoms. The molecule has 0 fully saturated rings. The molecule has 0 aliphatic rings. The minimum absolute atomic E-state index is 0.306. The average Bonchev–Trinajstić information content (AvgIpc) is 2.63. The Balaban J connectivity index is 2.97. The van der Waals surface area contributed by atoms with Crippen LogP contribution in [-0.4, -0.2) is 30.9 Å². The quantitative estimate of drug-likeness (QED) is 0.692. The number of alkyl halides is 3. The highest BCUT2D eigenvalue weighted by molar-refractivity contribution is 7.99. The normalized spacial score (nSPS) is 13.0. The van der Waals surface area contributed by atoms with Crippen LogP contribution in [0.3, 0.4) is 0 Å². The molecule has 0 bridgehead atoms. The van der Waals surface area contributed by atoms with Crippen LogP contribution in [0.1, 0.15) is 29.9 Å². The first kappa shape index (κ1) is 18.0. The van der Waals surface area contributed by atoms with Crippen LogP contribution in [0.5, 0.6) is 0 Å². The number of anilines is 2. The zero-order chi connectivity index (χ0) is 16.2. The summed E-state index contributed by atoms with van der Waals surface area (Å²) in [6, 6.07) is -0.795. The van der Waals surface area contributed by atoms with Crippen LogP contribution < -0.4 is 16.4 Å². The fourth-order valence-electron chi connectivity index (χ4n) is 1.76. The van der Waals surface area contributed by atoms with Crippen LogP contribution in [-0.2, 0) is 0 Å². The van der Waals surface area contributed by atoms with E-state index in [9.17, 15) is 18.0 Å². The lowest BCUT2D eigenvalue weighted by Gasteiger charge is -2.16. The second-order valence-corrected chi connectivity index (χ2v) is 6.27. The summed E-state index contributed by atoms with van der Waals surface area (Å²) >= 11 is 2.38. The number of nitrogens with two attached hydrogens (primary N) is 1. The number of nitrogen functional groups attached to an aromatic ring is 1. The Hall–Kier alpha value is -1.09. The molecule has 21 heavy (non-hydrogen) atoms. The summed E-state index contributed by atoms with van der Waals surface area (Å²) < 4.78 is 37.1. The Morgan fingerprint density at radius 2 is 2.10 bits per heavy atom. The minimum Gasteiger partial charge on any atom is -0.396 e. The lowest BCUT2D eigenvalue weighted by Crippen LogP contribution is -2.23. The molecule has 9 heteroatoms. The molecule has 1 rings (SSSR count). The van der Waals surface area contributed by atoms with Crippen LogP contribution in [0.15, 0.2) is 4.90 Å². The first-order valence-corrected chi connectivity index (χ1v) is 8.31. The molecular formula is C12H18F3N3OS2. The van der Waals surface area contributed by atoms with Crippen LogP contribution in [0, 0.1) is 0 Å². The monoisotopic (exact) mass is 341 g/mol.